The molecule has 0 saturated heterocycles. The molecule has 0 aliphatic rings. The van der Waals surface area contributed by atoms with E-state index in [9.17, 15) is 5.11 Å². The Labute approximate surface area is 88.0 Å². The van der Waals surface area contributed by atoms with Crippen LogP contribution in [0.3, 0.4) is 0 Å². The van der Waals surface area contributed by atoms with Crippen LogP contribution in [0, 0.1) is 6.92 Å². The number of phenols is 1. The normalized spacial score (nSPS) is 10.5. The number of aryl methyl sites for hydroxylation is 2. The van der Waals surface area contributed by atoms with Gasteiger partial charge in [-0.2, -0.15) is 5.10 Å². The van der Waals surface area contributed by atoms with Crippen LogP contribution in [0.25, 0.3) is 11.3 Å². The summed E-state index contributed by atoms with van der Waals surface area (Å²) in [6.45, 7) is 1.97. The van der Waals surface area contributed by atoms with Gasteiger partial charge in [0.1, 0.15) is 5.75 Å². The topological polar surface area (TPSA) is 64.1 Å². The maximum absolute atomic E-state index is 9.76. The Balaban J connectivity index is 2.68. The third kappa shape index (κ3) is 1.54. The Morgan fingerprint density at radius 3 is 2.73 bits per heavy atom. The molecule has 0 saturated carbocycles. The number of nitrogen functional groups attached to an aromatic ring is 1. The molecule has 1 heterocycles. The van der Waals surface area contributed by atoms with Gasteiger partial charge < -0.3 is 10.8 Å². The molecular weight excluding hydrogens is 190 g/mol. The maximum atomic E-state index is 9.76. The molecule has 0 amide bonds. The van der Waals surface area contributed by atoms with Crippen molar-refractivity contribution in [3.05, 3.63) is 30.0 Å². The van der Waals surface area contributed by atoms with Crippen molar-refractivity contribution in [3.8, 4) is 17.0 Å². The molecule has 2 rings (SSSR count). The van der Waals surface area contributed by atoms with Crippen LogP contribution < -0.4 is 5.73 Å². The van der Waals surface area contributed by atoms with Crippen molar-refractivity contribution in [3.63, 3.8) is 0 Å². The average Bonchev–Trinajstić information content (AvgIpc) is 2.51. The average molecular weight is 203 g/mol. The SMILES string of the molecule is Cc1ccc(O)c(-c2c(N)cnn2C)c1. The summed E-state index contributed by atoms with van der Waals surface area (Å²) in [5.74, 6) is 0.218. The molecule has 0 fully saturated rings. The Kier molecular flexibility index (Phi) is 2.11. The predicted octanol–water partition coefficient (Wildman–Crippen LogP) is 1.68. The number of hydrogen-bond donors (Lipinski definition) is 2. The summed E-state index contributed by atoms with van der Waals surface area (Å²) in [6, 6.07) is 5.41. The zero-order valence-corrected chi connectivity index (χ0v) is 8.73. The van der Waals surface area contributed by atoms with E-state index < -0.39 is 0 Å². The lowest BCUT2D eigenvalue weighted by atomic mass is 10.1. The summed E-state index contributed by atoms with van der Waals surface area (Å²) in [5.41, 5.74) is 8.90. The Hall–Kier alpha value is -1.97. The smallest absolute Gasteiger partial charge is 0.125 e. The minimum absolute atomic E-state index is 0.218. The highest BCUT2D eigenvalue weighted by Crippen LogP contribution is 2.32. The fraction of sp³-hybridized carbons (Fsp3) is 0.182. The van der Waals surface area contributed by atoms with Crippen molar-refractivity contribution < 1.29 is 5.11 Å². The molecule has 0 radical (unpaired) electrons. The monoisotopic (exact) mass is 203 g/mol. The molecule has 1 aromatic heterocycles. The second kappa shape index (κ2) is 3.31. The van der Waals surface area contributed by atoms with Gasteiger partial charge in [0, 0.05) is 12.6 Å². The van der Waals surface area contributed by atoms with Crippen LogP contribution in [0.2, 0.25) is 0 Å². The van der Waals surface area contributed by atoms with E-state index in [1.165, 1.54) is 0 Å². The molecule has 15 heavy (non-hydrogen) atoms. The number of anilines is 1. The van der Waals surface area contributed by atoms with E-state index in [0.29, 0.717) is 11.3 Å². The molecule has 1 aromatic carbocycles. The summed E-state index contributed by atoms with van der Waals surface area (Å²) in [5, 5.41) is 13.8. The zero-order valence-electron chi connectivity index (χ0n) is 8.73. The minimum atomic E-state index is 0.218. The predicted molar refractivity (Wildman–Crippen MR) is 59.5 cm³/mol. The lowest BCUT2D eigenvalue weighted by molar-refractivity contribution is 0.476. The van der Waals surface area contributed by atoms with E-state index >= 15 is 0 Å². The van der Waals surface area contributed by atoms with Crippen molar-refractivity contribution in [2.45, 2.75) is 6.92 Å². The number of nitrogens with zero attached hydrogens (tertiary/aromatic N) is 2. The maximum Gasteiger partial charge on any atom is 0.125 e. The summed E-state index contributed by atoms with van der Waals surface area (Å²) in [6.07, 6.45) is 1.58. The first-order chi connectivity index (χ1) is 7.09. The first-order valence-corrected chi connectivity index (χ1v) is 4.67. The van der Waals surface area contributed by atoms with Gasteiger partial charge in [-0.15, -0.1) is 0 Å². The first-order valence-electron chi connectivity index (χ1n) is 4.67. The number of nitrogens with two attached hydrogens (primary N) is 1. The lowest BCUT2D eigenvalue weighted by Gasteiger charge is -2.07. The standard InChI is InChI=1S/C11H13N3O/c1-7-3-4-10(15)8(5-7)11-9(12)6-13-14(11)2/h3-6,15H,12H2,1-2H3. The van der Waals surface area contributed by atoms with E-state index in [0.717, 1.165) is 11.3 Å². The van der Waals surface area contributed by atoms with Crippen LogP contribution in [0.4, 0.5) is 5.69 Å². The lowest BCUT2D eigenvalue weighted by Crippen LogP contribution is -1.96. The van der Waals surface area contributed by atoms with E-state index in [1.54, 1.807) is 24.0 Å². The third-order valence-corrected chi connectivity index (χ3v) is 2.37. The van der Waals surface area contributed by atoms with Gasteiger partial charge >= 0.3 is 0 Å². The van der Waals surface area contributed by atoms with Crippen LogP contribution >= 0.6 is 0 Å². The zero-order chi connectivity index (χ0) is 11.0. The molecule has 0 atom stereocenters. The Morgan fingerprint density at radius 1 is 1.40 bits per heavy atom. The molecule has 0 aliphatic carbocycles. The molecule has 0 spiro atoms. The highest BCUT2D eigenvalue weighted by Gasteiger charge is 2.12. The Morgan fingerprint density at radius 2 is 2.13 bits per heavy atom. The second-order valence-electron chi connectivity index (χ2n) is 3.59. The van der Waals surface area contributed by atoms with Gasteiger partial charge in [0.2, 0.25) is 0 Å². The van der Waals surface area contributed by atoms with Gasteiger partial charge in [-0.25, -0.2) is 0 Å². The van der Waals surface area contributed by atoms with Gasteiger partial charge in [-0.1, -0.05) is 11.6 Å². The van der Waals surface area contributed by atoms with Crippen molar-refractivity contribution in [1.82, 2.24) is 9.78 Å². The van der Waals surface area contributed by atoms with E-state index in [2.05, 4.69) is 5.10 Å². The third-order valence-electron chi connectivity index (χ3n) is 2.37. The summed E-state index contributed by atoms with van der Waals surface area (Å²) >= 11 is 0. The van der Waals surface area contributed by atoms with Crippen molar-refractivity contribution in [1.29, 1.82) is 0 Å². The van der Waals surface area contributed by atoms with Crippen LogP contribution in [-0.2, 0) is 7.05 Å². The highest BCUT2D eigenvalue weighted by atomic mass is 16.3. The molecule has 0 unspecified atom stereocenters. The molecule has 0 bridgehead atoms. The van der Waals surface area contributed by atoms with Gasteiger partial charge in [0.05, 0.1) is 17.6 Å². The quantitative estimate of drug-likeness (QED) is 0.741. The van der Waals surface area contributed by atoms with Gasteiger partial charge in [0.25, 0.3) is 0 Å². The molecule has 78 valence electrons. The molecule has 0 aliphatic heterocycles. The number of aromatic hydroxyl groups is 1. The van der Waals surface area contributed by atoms with E-state index in [1.807, 2.05) is 19.1 Å². The van der Waals surface area contributed by atoms with E-state index in [-0.39, 0.29) is 5.75 Å². The van der Waals surface area contributed by atoms with Crippen molar-refractivity contribution >= 4 is 5.69 Å². The molecule has 4 heteroatoms. The Bertz CT molecular complexity index is 483. The fourth-order valence-electron chi connectivity index (χ4n) is 1.62. The van der Waals surface area contributed by atoms with E-state index in [4.69, 9.17) is 5.73 Å². The van der Waals surface area contributed by atoms with Crippen molar-refractivity contribution in [2.75, 3.05) is 5.73 Å². The van der Waals surface area contributed by atoms with Crippen LogP contribution in [0.15, 0.2) is 24.4 Å². The molecule has 4 nitrogen and oxygen atoms in total. The van der Waals surface area contributed by atoms with Crippen molar-refractivity contribution in [2.24, 2.45) is 7.05 Å². The number of rotatable bonds is 1. The second-order valence-corrected chi connectivity index (χ2v) is 3.59. The first kappa shape index (κ1) is 9.58. The number of benzene rings is 1. The molecule has 3 N–H and O–H groups in total. The van der Waals surface area contributed by atoms with Crippen LogP contribution in [0.1, 0.15) is 5.56 Å². The number of aromatic nitrogens is 2. The van der Waals surface area contributed by atoms with Gasteiger partial charge in [-0.3, -0.25) is 4.68 Å². The van der Waals surface area contributed by atoms with Gasteiger partial charge in [-0.05, 0) is 19.1 Å². The molecular formula is C11H13N3O. The summed E-state index contributed by atoms with van der Waals surface area (Å²) in [7, 11) is 1.80. The largest absolute Gasteiger partial charge is 0.507 e. The summed E-state index contributed by atoms with van der Waals surface area (Å²) in [4.78, 5) is 0. The fourth-order valence-corrected chi connectivity index (χ4v) is 1.62. The number of hydrogen-bond acceptors (Lipinski definition) is 3. The van der Waals surface area contributed by atoms with Crippen LogP contribution in [-0.4, -0.2) is 14.9 Å². The van der Waals surface area contributed by atoms with Gasteiger partial charge in [0.15, 0.2) is 0 Å². The minimum Gasteiger partial charge on any atom is -0.507 e. The number of phenolic OH excluding ortho intramolecular Hbond substituents is 1. The van der Waals surface area contributed by atoms with Crippen LogP contribution in [0.5, 0.6) is 5.75 Å². The summed E-state index contributed by atoms with van der Waals surface area (Å²) < 4.78 is 1.66. The highest BCUT2D eigenvalue weighted by molar-refractivity contribution is 5.77. The molecule has 2 aromatic rings.